The van der Waals surface area contributed by atoms with E-state index in [1.807, 2.05) is 0 Å². The van der Waals surface area contributed by atoms with Crippen molar-refractivity contribution in [3.8, 4) is 16.9 Å². The zero-order valence-electron chi connectivity index (χ0n) is 10.1. The summed E-state index contributed by atoms with van der Waals surface area (Å²) in [6.07, 6.45) is 0. The standard InChI is InChI=1S/C13H11FN2O3/c1-19-9-3-4-10(11(14)7-9)8-2-5-12(15)13(6-8)16(17)18/h2-7H,15H2,1H3. The smallest absolute Gasteiger partial charge is 0.292 e. The van der Waals surface area contributed by atoms with E-state index in [2.05, 4.69) is 0 Å². The first-order chi connectivity index (χ1) is 9.02. The van der Waals surface area contributed by atoms with Gasteiger partial charge >= 0.3 is 0 Å². The highest BCUT2D eigenvalue weighted by molar-refractivity contribution is 5.72. The van der Waals surface area contributed by atoms with Crippen molar-refractivity contribution in [3.63, 3.8) is 0 Å². The number of nitro benzene ring substituents is 1. The lowest BCUT2D eigenvalue weighted by atomic mass is 10.0. The summed E-state index contributed by atoms with van der Waals surface area (Å²) in [5.74, 6) is -0.135. The van der Waals surface area contributed by atoms with Gasteiger partial charge in [-0.05, 0) is 23.8 Å². The Labute approximate surface area is 108 Å². The van der Waals surface area contributed by atoms with E-state index >= 15 is 0 Å². The van der Waals surface area contributed by atoms with E-state index in [0.717, 1.165) is 0 Å². The molecular weight excluding hydrogens is 251 g/mol. The van der Waals surface area contributed by atoms with Crippen LogP contribution in [0.2, 0.25) is 0 Å². The fourth-order valence-corrected chi connectivity index (χ4v) is 1.73. The highest BCUT2D eigenvalue weighted by Crippen LogP contribution is 2.31. The monoisotopic (exact) mass is 262 g/mol. The minimum absolute atomic E-state index is 0.0441. The fourth-order valence-electron chi connectivity index (χ4n) is 1.73. The maximum atomic E-state index is 13.9. The van der Waals surface area contributed by atoms with Crippen molar-refractivity contribution in [1.82, 2.24) is 0 Å². The number of benzene rings is 2. The Morgan fingerprint density at radius 3 is 2.58 bits per heavy atom. The average Bonchev–Trinajstić information content (AvgIpc) is 2.39. The van der Waals surface area contributed by atoms with Crippen LogP contribution in [0.15, 0.2) is 36.4 Å². The Morgan fingerprint density at radius 1 is 1.26 bits per heavy atom. The van der Waals surface area contributed by atoms with Crippen LogP contribution in [-0.4, -0.2) is 12.0 Å². The summed E-state index contributed by atoms with van der Waals surface area (Å²) in [6.45, 7) is 0. The van der Waals surface area contributed by atoms with Gasteiger partial charge in [-0.3, -0.25) is 10.1 Å². The maximum absolute atomic E-state index is 13.9. The Bertz CT molecular complexity index is 644. The largest absolute Gasteiger partial charge is 0.497 e. The number of nitrogen functional groups attached to an aromatic ring is 1. The van der Waals surface area contributed by atoms with Gasteiger partial charge in [0.1, 0.15) is 17.3 Å². The molecule has 98 valence electrons. The lowest BCUT2D eigenvalue weighted by Crippen LogP contribution is -1.96. The highest BCUT2D eigenvalue weighted by Gasteiger charge is 2.14. The lowest BCUT2D eigenvalue weighted by Gasteiger charge is -2.06. The van der Waals surface area contributed by atoms with Crippen molar-refractivity contribution < 1.29 is 14.1 Å². The molecule has 5 nitrogen and oxygen atoms in total. The number of methoxy groups -OCH3 is 1. The Morgan fingerprint density at radius 2 is 2.00 bits per heavy atom. The number of hydrogen-bond donors (Lipinski definition) is 1. The molecule has 0 saturated carbocycles. The quantitative estimate of drug-likeness (QED) is 0.524. The Hall–Kier alpha value is -2.63. The third-order valence-corrected chi connectivity index (χ3v) is 2.71. The first-order valence-corrected chi connectivity index (χ1v) is 5.40. The predicted octanol–water partition coefficient (Wildman–Crippen LogP) is 2.99. The van der Waals surface area contributed by atoms with Gasteiger partial charge < -0.3 is 10.5 Å². The second-order valence-corrected chi connectivity index (χ2v) is 3.88. The van der Waals surface area contributed by atoms with Crippen molar-refractivity contribution in [2.75, 3.05) is 12.8 Å². The number of ether oxygens (including phenoxy) is 1. The zero-order valence-corrected chi connectivity index (χ0v) is 10.1. The molecule has 0 fully saturated rings. The molecule has 0 aliphatic heterocycles. The van der Waals surface area contributed by atoms with Crippen LogP contribution in [0, 0.1) is 15.9 Å². The molecule has 6 heteroatoms. The van der Waals surface area contributed by atoms with E-state index < -0.39 is 10.7 Å². The molecule has 2 N–H and O–H groups in total. The summed E-state index contributed by atoms with van der Waals surface area (Å²) >= 11 is 0. The molecule has 0 amide bonds. The van der Waals surface area contributed by atoms with Crippen molar-refractivity contribution in [1.29, 1.82) is 0 Å². The van der Waals surface area contributed by atoms with Crippen LogP contribution in [-0.2, 0) is 0 Å². The number of nitrogens with two attached hydrogens (primary N) is 1. The number of nitro groups is 1. The first kappa shape index (κ1) is 12.8. The van der Waals surface area contributed by atoms with Crippen molar-refractivity contribution in [2.24, 2.45) is 0 Å². The van der Waals surface area contributed by atoms with E-state index in [-0.39, 0.29) is 16.9 Å². The maximum Gasteiger partial charge on any atom is 0.292 e. The number of halogens is 1. The Kier molecular flexibility index (Phi) is 3.33. The third-order valence-electron chi connectivity index (χ3n) is 2.71. The summed E-state index contributed by atoms with van der Waals surface area (Å²) in [7, 11) is 1.43. The molecule has 0 aliphatic rings. The molecule has 19 heavy (non-hydrogen) atoms. The van der Waals surface area contributed by atoms with Gasteiger partial charge in [0.2, 0.25) is 0 Å². The summed E-state index contributed by atoms with van der Waals surface area (Å²) < 4.78 is 18.8. The number of rotatable bonds is 3. The molecule has 0 saturated heterocycles. The molecule has 2 aromatic carbocycles. The molecule has 0 aliphatic carbocycles. The van der Waals surface area contributed by atoms with E-state index in [9.17, 15) is 14.5 Å². The van der Waals surface area contributed by atoms with E-state index in [1.165, 1.54) is 37.4 Å². The summed E-state index contributed by atoms with van der Waals surface area (Å²) in [5.41, 5.74) is 5.94. The average molecular weight is 262 g/mol. The zero-order chi connectivity index (χ0) is 14.0. The SMILES string of the molecule is COc1ccc(-c2ccc(N)c([N+](=O)[O-])c2)c(F)c1. The summed E-state index contributed by atoms with van der Waals surface area (Å²) in [5, 5.41) is 10.8. The summed E-state index contributed by atoms with van der Waals surface area (Å²) in [4.78, 5) is 10.2. The van der Waals surface area contributed by atoms with Crippen LogP contribution in [0.3, 0.4) is 0 Å². The van der Waals surface area contributed by atoms with Gasteiger partial charge in [0.15, 0.2) is 0 Å². The van der Waals surface area contributed by atoms with E-state index in [0.29, 0.717) is 11.3 Å². The van der Waals surface area contributed by atoms with Crippen LogP contribution >= 0.6 is 0 Å². The number of hydrogen-bond acceptors (Lipinski definition) is 4. The van der Waals surface area contributed by atoms with E-state index in [4.69, 9.17) is 10.5 Å². The van der Waals surface area contributed by atoms with Crippen LogP contribution in [0.1, 0.15) is 0 Å². The molecule has 0 aromatic heterocycles. The third kappa shape index (κ3) is 2.47. The van der Waals surface area contributed by atoms with E-state index in [1.54, 1.807) is 6.07 Å². The minimum Gasteiger partial charge on any atom is -0.497 e. The van der Waals surface area contributed by atoms with Crippen LogP contribution in [0.5, 0.6) is 5.75 Å². The van der Waals surface area contributed by atoms with Gasteiger partial charge in [-0.1, -0.05) is 6.07 Å². The molecule has 2 rings (SSSR count). The van der Waals surface area contributed by atoms with Gasteiger partial charge in [0.05, 0.1) is 12.0 Å². The van der Waals surface area contributed by atoms with Gasteiger partial charge in [-0.25, -0.2) is 4.39 Å². The molecule has 0 radical (unpaired) electrons. The van der Waals surface area contributed by atoms with Gasteiger partial charge in [0.25, 0.3) is 5.69 Å². The van der Waals surface area contributed by atoms with Gasteiger partial charge in [-0.15, -0.1) is 0 Å². The predicted molar refractivity (Wildman–Crippen MR) is 69.5 cm³/mol. The molecule has 0 heterocycles. The second-order valence-electron chi connectivity index (χ2n) is 3.88. The van der Waals surface area contributed by atoms with Gasteiger partial charge in [-0.2, -0.15) is 0 Å². The highest BCUT2D eigenvalue weighted by atomic mass is 19.1. The van der Waals surface area contributed by atoms with Gasteiger partial charge in [0, 0.05) is 17.7 Å². The Balaban J connectivity index is 2.53. The molecule has 0 atom stereocenters. The molecule has 0 spiro atoms. The van der Waals surface area contributed by atoms with Crippen LogP contribution in [0.4, 0.5) is 15.8 Å². The second kappa shape index (κ2) is 4.93. The topological polar surface area (TPSA) is 78.4 Å². The van der Waals surface area contributed by atoms with Crippen molar-refractivity contribution >= 4 is 11.4 Å². The lowest BCUT2D eigenvalue weighted by molar-refractivity contribution is -0.383. The molecule has 2 aromatic rings. The minimum atomic E-state index is -0.597. The molecule has 0 unspecified atom stereocenters. The number of anilines is 1. The van der Waals surface area contributed by atoms with Crippen molar-refractivity contribution in [2.45, 2.75) is 0 Å². The fraction of sp³-hybridized carbons (Fsp3) is 0.0769. The molecule has 0 bridgehead atoms. The summed E-state index contributed by atoms with van der Waals surface area (Å²) in [6, 6.07) is 8.48. The van der Waals surface area contributed by atoms with Crippen LogP contribution < -0.4 is 10.5 Å². The molecular formula is C13H11FN2O3. The van der Waals surface area contributed by atoms with Crippen molar-refractivity contribution in [3.05, 3.63) is 52.3 Å². The number of nitrogens with zero attached hydrogens (tertiary/aromatic N) is 1. The normalized spacial score (nSPS) is 10.2. The van der Waals surface area contributed by atoms with Crippen LogP contribution in [0.25, 0.3) is 11.1 Å². The first-order valence-electron chi connectivity index (χ1n) is 5.40.